The number of benzene rings is 1. The summed E-state index contributed by atoms with van der Waals surface area (Å²) in [6.07, 6.45) is 0. The van der Waals surface area contributed by atoms with E-state index >= 15 is 0 Å². The molecule has 0 aliphatic heterocycles. The van der Waals surface area contributed by atoms with Gasteiger partial charge in [0.05, 0.1) is 0 Å². The van der Waals surface area contributed by atoms with Gasteiger partial charge in [-0.05, 0) is 0 Å². The molecule has 0 heterocycles. The van der Waals surface area contributed by atoms with Crippen LogP contribution < -0.4 is 37.2 Å². The van der Waals surface area contributed by atoms with Crippen molar-refractivity contribution in [3.63, 3.8) is 0 Å². The van der Waals surface area contributed by atoms with Crippen molar-refractivity contribution in [1.29, 1.82) is 0 Å². The minimum atomic E-state index is 0. The van der Waals surface area contributed by atoms with Crippen LogP contribution in [0.25, 0.3) is 5.57 Å². The summed E-state index contributed by atoms with van der Waals surface area (Å²) in [7, 11) is 0. The van der Waals surface area contributed by atoms with E-state index < -0.39 is 0 Å². The van der Waals surface area contributed by atoms with Crippen LogP contribution >= 0.6 is 0 Å². The molecule has 0 aromatic heterocycles. The second kappa shape index (κ2) is 11.0. The average Bonchev–Trinajstić information content (AvgIpc) is 2.71. The summed E-state index contributed by atoms with van der Waals surface area (Å²) in [6.45, 7) is 4.07. The van der Waals surface area contributed by atoms with Crippen LogP contribution in [0.2, 0.25) is 0 Å². The number of hydrogen-bond donors (Lipinski definition) is 0. The van der Waals surface area contributed by atoms with Crippen LogP contribution in [0.15, 0.2) is 61.2 Å². The Labute approximate surface area is 136 Å². The van der Waals surface area contributed by atoms with Gasteiger partial charge in [-0.25, -0.2) is 0 Å². The Morgan fingerprint density at radius 2 is 1.29 bits per heavy atom. The Bertz CT molecular complexity index is 396. The zero-order valence-corrected chi connectivity index (χ0v) is 12.9. The van der Waals surface area contributed by atoms with Crippen LogP contribution in [-0.4, -0.2) is 0 Å². The van der Waals surface area contributed by atoms with E-state index in [9.17, 15) is 0 Å². The normalized spacial score (nSPS) is 7.53. The summed E-state index contributed by atoms with van der Waals surface area (Å²) >= 11 is 0. The van der Waals surface area contributed by atoms with Gasteiger partial charge in [0.15, 0.2) is 0 Å². The van der Waals surface area contributed by atoms with Gasteiger partial charge in [-0.2, -0.15) is 18.7 Å². The molecule has 0 aliphatic carbocycles. The summed E-state index contributed by atoms with van der Waals surface area (Å²) in [5.41, 5.74) is 3.48. The maximum absolute atomic E-state index is 4.07. The second-order valence-electron chi connectivity index (χ2n) is 3.02. The molecule has 0 radical (unpaired) electrons. The molecule has 0 fully saturated rings. The molecule has 0 spiro atoms. The molecule has 0 bridgehead atoms. The molecular weight excluding hydrogens is 310 g/mol. The van der Waals surface area contributed by atoms with Gasteiger partial charge in [-0.1, -0.05) is 41.5 Å². The molecule has 0 saturated carbocycles. The van der Waals surface area contributed by atoms with E-state index in [2.05, 4.69) is 30.8 Å². The molecule has 2 rings (SSSR count). The molecule has 0 atom stereocenters. The standard InChI is InChI=1S/C13H11.3ClH.Ti/c1-11(13-9-5-6-10-13)12-7-3-2-4-8-12;;;;/h2-10H,1H2;3*1H;/q-1;;;;+4/p-3. The van der Waals surface area contributed by atoms with Crippen molar-refractivity contribution in [2.24, 2.45) is 0 Å². The SMILES string of the molecule is C=C(c1ccccc1)[c-]1cccc1.[Cl-].[Cl-].[Cl-].[Ti+4]. The van der Waals surface area contributed by atoms with E-state index in [1.165, 1.54) is 11.1 Å². The van der Waals surface area contributed by atoms with Gasteiger partial charge in [-0.3, -0.25) is 0 Å². The van der Waals surface area contributed by atoms with E-state index in [0.29, 0.717) is 0 Å². The molecule has 0 saturated heterocycles. The number of rotatable bonds is 2. The minimum Gasteiger partial charge on any atom is -1.00 e. The van der Waals surface area contributed by atoms with Crippen molar-refractivity contribution in [1.82, 2.24) is 0 Å². The fourth-order valence-electron chi connectivity index (χ4n) is 1.38. The van der Waals surface area contributed by atoms with Gasteiger partial charge in [0.25, 0.3) is 0 Å². The first-order valence-corrected chi connectivity index (χ1v) is 4.34. The van der Waals surface area contributed by atoms with Crippen molar-refractivity contribution in [3.05, 3.63) is 72.3 Å². The first-order chi connectivity index (χ1) is 6.38. The third-order valence-corrected chi connectivity index (χ3v) is 2.13. The molecule has 0 aliphatic rings. The summed E-state index contributed by atoms with van der Waals surface area (Å²) < 4.78 is 0. The Balaban J connectivity index is -0.000000490. The van der Waals surface area contributed by atoms with Crippen LogP contribution in [-0.2, 0) is 21.7 Å². The molecule has 2 aromatic rings. The fraction of sp³-hybridized carbons (Fsp3) is 0. The van der Waals surface area contributed by atoms with Gasteiger partial charge < -0.3 is 37.2 Å². The fourth-order valence-corrected chi connectivity index (χ4v) is 1.38. The number of halogens is 3. The van der Waals surface area contributed by atoms with Gasteiger partial charge >= 0.3 is 21.7 Å². The Morgan fingerprint density at radius 3 is 1.76 bits per heavy atom. The van der Waals surface area contributed by atoms with Gasteiger partial charge in [-0.15, -0.1) is 17.7 Å². The minimum absolute atomic E-state index is 0. The quantitative estimate of drug-likeness (QED) is 0.382. The molecule has 17 heavy (non-hydrogen) atoms. The molecule has 2 aromatic carbocycles. The molecule has 0 N–H and O–H groups in total. The summed E-state index contributed by atoms with van der Waals surface area (Å²) in [5.74, 6) is 0. The predicted octanol–water partition coefficient (Wildman–Crippen LogP) is -5.52. The Hall–Kier alpha value is -0.106. The van der Waals surface area contributed by atoms with Crippen LogP contribution in [0.4, 0.5) is 0 Å². The van der Waals surface area contributed by atoms with Gasteiger partial charge in [0.2, 0.25) is 0 Å². The van der Waals surface area contributed by atoms with Crippen molar-refractivity contribution in [2.75, 3.05) is 0 Å². The van der Waals surface area contributed by atoms with Crippen LogP contribution in [0.3, 0.4) is 0 Å². The zero-order chi connectivity index (χ0) is 9.10. The third-order valence-electron chi connectivity index (χ3n) is 2.13. The number of hydrogen-bond acceptors (Lipinski definition) is 0. The van der Waals surface area contributed by atoms with Crippen molar-refractivity contribution >= 4 is 5.57 Å². The van der Waals surface area contributed by atoms with Gasteiger partial charge in [0.1, 0.15) is 0 Å². The second-order valence-corrected chi connectivity index (χ2v) is 3.02. The molecular formula is C13H11Cl3Ti. The summed E-state index contributed by atoms with van der Waals surface area (Å²) in [4.78, 5) is 0. The maximum atomic E-state index is 4.07. The third kappa shape index (κ3) is 5.85. The van der Waals surface area contributed by atoms with Gasteiger partial charge in [0, 0.05) is 0 Å². The van der Waals surface area contributed by atoms with E-state index in [4.69, 9.17) is 0 Å². The van der Waals surface area contributed by atoms with Crippen molar-refractivity contribution in [2.45, 2.75) is 0 Å². The largest absolute Gasteiger partial charge is 4.00 e. The van der Waals surface area contributed by atoms with Crippen molar-refractivity contribution in [3.8, 4) is 0 Å². The zero-order valence-electron chi connectivity index (χ0n) is 9.04. The molecule has 0 amide bonds. The van der Waals surface area contributed by atoms with Crippen molar-refractivity contribution < 1.29 is 58.9 Å². The smallest absolute Gasteiger partial charge is 1.00 e. The average molecular weight is 321 g/mol. The Morgan fingerprint density at radius 1 is 0.824 bits per heavy atom. The predicted molar refractivity (Wildman–Crippen MR) is 56.6 cm³/mol. The van der Waals surface area contributed by atoms with E-state index in [1.807, 2.05) is 30.3 Å². The molecule has 88 valence electrons. The van der Waals surface area contributed by atoms with E-state index in [-0.39, 0.29) is 58.9 Å². The summed E-state index contributed by atoms with van der Waals surface area (Å²) in [5, 5.41) is 0. The van der Waals surface area contributed by atoms with E-state index in [0.717, 1.165) is 5.57 Å². The first kappa shape index (κ1) is 22.1. The maximum Gasteiger partial charge on any atom is 4.00 e. The summed E-state index contributed by atoms with van der Waals surface area (Å²) in [6, 6.07) is 18.5. The monoisotopic (exact) mass is 320 g/mol. The van der Waals surface area contributed by atoms with Crippen LogP contribution in [0, 0.1) is 0 Å². The topological polar surface area (TPSA) is 0 Å². The van der Waals surface area contributed by atoms with Crippen LogP contribution in [0.5, 0.6) is 0 Å². The Kier molecular flexibility index (Phi) is 14.3. The molecule has 0 unspecified atom stereocenters. The molecule has 4 heteroatoms. The first-order valence-electron chi connectivity index (χ1n) is 4.34. The van der Waals surface area contributed by atoms with E-state index in [1.54, 1.807) is 0 Å². The van der Waals surface area contributed by atoms with Crippen LogP contribution in [0.1, 0.15) is 11.1 Å². The molecule has 0 nitrogen and oxygen atoms in total.